The molecule has 2 nitrogen and oxygen atoms in total. The second kappa shape index (κ2) is 4.03. The predicted molar refractivity (Wildman–Crippen MR) is 65.7 cm³/mol. The van der Waals surface area contributed by atoms with E-state index in [1.54, 1.807) is 0 Å². The molecule has 0 bridgehead atoms. The van der Waals surface area contributed by atoms with E-state index >= 15 is 0 Å². The maximum Gasteiger partial charge on any atom is 0.0642 e. The van der Waals surface area contributed by atoms with Gasteiger partial charge in [0.05, 0.1) is 10.7 Å². The van der Waals surface area contributed by atoms with Crippen molar-refractivity contribution in [1.29, 1.82) is 0 Å². The molecule has 2 N–H and O–H groups in total. The molecule has 0 aliphatic carbocycles. The first kappa shape index (κ1) is 10.8. The van der Waals surface area contributed by atoms with Crippen LogP contribution in [0.1, 0.15) is 24.8 Å². The fourth-order valence-electron chi connectivity index (χ4n) is 2.43. The first-order valence-corrected chi connectivity index (χ1v) is 5.72. The van der Waals surface area contributed by atoms with Gasteiger partial charge in [-0.1, -0.05) is 23.7 Å². The summed E-state index contributed by atoms with van der Waals surface area (Å²) in [4.78, 5) is 2.23. The number of benzene rings is 1. The van der Waals surface area contributed by atoms with E-state index < -0.39 is 0 Å². The van der Waals surface area contributed by atoms with Crippen LogP contribution in [0.3, 0.4) is 0 Å². The summed E-state index contributed by atoms with van der Waals surface area (Å²) in [7, 11) is 2.09. The average molecular weight is 225 g/mol. The van der Waals surface area contributed by atoms with Crippen molar-refractivity contribution in [3.63, 3.8) is 0 Å². The van der Waals surface area contributed by atoms with Crippen LogP contribution >= 0.6 is 11.6 Å². The first-order chi connectivity index (χ1) is 7.09. The molecule has 0 saturated carbocycles. The van der Waals surface area contributed by atoms with E-state index in [2.05, 4.69) is 24.9 Å². The summed E-state index contributed by atoms with van der Waals surface area (Å²) in [5, 5.41) is 0.849. The van der Waals surface area contributed by atoms with E-state index in [9.17, 15) is 0 Å². The third-order valence-electron chi connectivity index (χ3n) is 2.99. The number of rotatable bonds is 2. The minimum absolute atomic E-state index is 0.244. The Morgan fingerprint density at radius 2 is 2.33 bits per heavy atom. The third-order valence-corrected chi connectivity index (χ3v) is 3.30. The zero-order valence-corrected chi connectivity index (χ0v) is 9.96. The normalized spacial score (nSPS) is 21.6. The molecular formula is C12H17ClN2. The molecule has 0 spiro atoms. The lowest BCUT2D eigenvalue weighted by Gasteiger charge is -2.14. The molecule has 1 aromatic rings. The zero-order valence-electron chi connectivity index (χ0n) is 9.20. The Morgan fingerprint density at radius 1 is 1.60 bits per heavy atom. The van der Waals surface area contributed by atoms with E-state index in [4.69, 9.17) is 17.3 Å². The zero-order chi connectivity index (χ0) is 11.0. The van der Waals surface area contributed by atoms with Crippen LogP contribution in [-0.4, -0.2) is 19.6 Å². The maximum absolute atomic E-state index is 6.19. The molecule has 0 aromatic heterocycles. The fraction of sp³-hybridized carbons (Fsp3) is 0.500. The molecule has 1 aromatic carbocycles. The van der Waals surface area contributed by atoms with Gasteiger partial charge in [-0.3, -0.25) is 0 Å². The monoisotopic (exact) mass is 224 g/mol. The lowest BCUT2D eigenvalue weighted by atomic mass is 9.95. The Balaban J connectivity index is 2.34. The van der Waals surface area contributed by atoms with Crippen molar-refractivity contribution >= 4 is 17.3 Å². The van der Waals surface area contributed by atoms with Crippen molar-refractivity contribution < 1.29 is 0 Å². The molecule has 0 fully saturated rings. The average Bonchev–Trinajstić information content (AvgIpc) is 2.44. The molecule has 1 aliphatic rings. The molecule has 3 heteroatoms. The highest BCUT2D eigenvalue weighted by atomic mass is 35.5. The Hall–Kier alpha value is -0.730. The fourth-order valence-corrected chi connectivity index (χ4v) is 2.76. The van der Waals surface area contributed by atoms with Crippen LogP contribution in [0.15, 0.2) is 18.2 Å². The lowest BCUT2D eigenvalue weighted by Crippen LogP contribution is -2.22. The number of halogens is 1. The number of hydrogen-bond donors (Lipinski definition) is 1. The van der Waals surface area contributed by atoms with Gasteiger partial charge in [0.2, 0.25) is 0 Å². The van der Waals surface area contributed by atoms with Crippen LogP contribution in [0.2, 0.25) is 5.02 Å². The molecular weight excluding hydrogens is 208 g/mol. The van der Waals surface area contributed by atoms with Gasteiger partial charge in [-0.05, 0) is 25.0 Å². The molecule has 15 heavy (non-hydrogen) atoms. The topological polar surface area (TPSA) is 29.3 Å². The van der Waals surface area contributed by atoms with Gasteiger partial charge in [0, 0.05) is 25.6 Å². The summed E-state index contributed by atoms with van der Waals surface area (Å²) in [5.74, 6) is 0.531. The van der Waals surface area contributed by atoms with Gasteiger partial charge in [0.25, 0.3) is 0 Å². The number of para-hydroxylation sites is 1. The van der Waals surface area contributed by atoms with E-state index in [0.717, 1.165) is 18.0 Å². The molecule has 2 atom stereocenters. The SMILES string of the molecule is CC(N)CC1CN(C)c2c(Cl)cccc21. The number of nitrogens with two attached hydrogens (primary N) is 1. The molecule has 82 valence electrons. The Bertz CT molecular complexity index is 363. The minimum atomic E-state index is 0.244. The molecule has 1 aliphatic heterocycles. The van der Waals surface area contributed by atoms with Crippen LogP contribution in [0, 0.1) is 0 Å². The largest absolute Gasteiger partial charge is 0.373 e. The smallest absolute Gasteiger partial charge is 0.0642 e. The number of hydrogen-bond acceptors (Lipinski definition) is 2. The Kier molecular flexibility index (Phi) is 2.89. The quantitative estimate of drug-likeness (QED) is 0.837. The Morgan fingerprint density at radius 3 is 3.00 bits per heavy atom. The summed E-state index contributed by atoms with van der Waals surface area (Å²) < 4.78 is 0. The molecule has 0 amide bonds. The van der Waals surface area contributed by atoms with Crippen LogP contribution in [0.5, 0.6) is 0 Å². The van der Waals surface area contributed by atoms with Crippen molar-refractivity contribution in [2.45, 2.75) is 25.3 Å². The standard InChI is InChI=1S/C12H17ClN2/c1-8(14)6-9-7-15(2)12-10(9)4-3-5-11(12)13/h3-5,8-9H,6-7,14H2,1-2H3. The van der Waals surface area contributed by atoms with Gasteiger partial charge < -0.3 is 10.6 Å². The van der Waals surface area contributed by atoms with E-state index in [1.807, 2.05) is 12.1 Å². The highest BCUT2D eigenvalue weighted by Gasteiger charge is 2.28. The van der Waals surface area contributed by atoms with Crippen LogP contribution in [0.25, 0.3) is 0 Å². The molecule has 1 heterocycles. The number of fused-ring (bicyclic) bond motifs is 1. The number of likely N-dealkylation sites (N-methyl/N-ethyl adjacent to an activating group) is 1. The maximum atomic E-state index is 6.19. The van der Waals surface area contributed by atoms with Crippen molar-refractivity contribution in [1.82, 2.24) is 0 Å². The van der Waals surface area contributed by atoms with E-state index in [1.165, 1.54) is 11.3 Å². The van der Waals surface area contributed by atoms with Crippen LogP contribution < -0.4 is 10.6 Å². The summed E-state index contributed by atoms with van der Waals surface area (Å²) in [6, 6.07) is 6.38. The minimum Gasteiger partial charge on any atom is -0.373 e. The van der Waals surface area contributed by atoms with Crippen molar-refractivity contribution in [3.8, 4) is 0 Å². The second-order valence-corrected chi connectivity index (χ2v) is 4.88. The van der Waals surface area contributed by atoms with Crippen molar-refractivity contribution in [2.75, 3.05) is 18.5 Å². The molecule has 0 saturated heterocycles. The van der Waals surface area contributed by atoms with Gasteiger partial charge in [-0.25, -0.2) is 0 Å². The third kappa shape index (κ3) is 1.97. The van der Waals surface area contributed by atoms with Gasteiger partial charge in [-0.15, -0.1) is 0 Å². The van der Waals surface area contributed by atoms with Crippen LogP contribution in [0.4, 0.5) is 5.69 Å². The Labute approximate surface area is 96.0 Å². The van der Waals surface area contributed by atoms with Gasteiger partial charge in [-0.2, -0.15) is 0 Å². The van der Waals surface area contributed by atoms with Gasteiger partial charge in [0.1, 0.15) is 0 Å². The highest BCUT2D eigenvalue weighted by Crippen LogP contribution is 2.41. The molecule has 0 radical (unpaired) electrons. The van der Waals surface area contributed by atoms with E-state index in [0.29, 0.717) is 5.92 Å². The predicted octanol–water partition coefficient (Wildman–Crippen LogP) is 2.61. The second-order valence-electron chi connectivity index (χ2n) is 4.47. The van der Waals surface area contributed by atoms with Crippen molar-refractivity contribution in [2.24, 2.45) is 5.73 Å². The summed E-state index contributed by atoms with van der Waals surface area (Å²) >= 11 is 6.19. The summed E-state index contributed by atoms with van der Waals surface area (Å²) in [5.41, 5.74) is 8.40. The molecule has 2 rings (SSSR count). The number of anilines is 1. The van der Waals surface area contributed by atoms with E-state index in [-0.39, 0.29) is 6.04 Å². The van der Waals surface area contributed by atoms with Crippen molar-refractivity contribution in [3.05, 3.63) is 28.8 Å². The van der Waals surface area contributed by atoms with Gasteiger partial charge >= 0.3 is 0 Å². The summed E-state index contributed by atoms with van der Waals surface area (Å²) in [6.07, 6.45) is 1.03. The lowest BCUT2D eigenvalue weighted by molar-refractivity contribution is 0.572. The van der Waals surface area contributed by atoms with Crippen LogP contribution in [-0.2, 0) is 0 Å². The highest BCUT2D eigenvalue weighted by molar-refractivity contribution is 6.33. The first-order valence-electron chi connectivity index (χ1n) is 5.34. The number of nitrogens with zero attached hydrogens (tertiary/aromatic N) is 1. The molecule has 2 unspecified atom stereocenters. The van der Waals surface area contributed by atoms with Gasteiger partial charge in [0.15, 0.2) is 0 Å². The summed E-state index contributed by atoms with van der Waals surface area (Å²) in [6.45, 7) is 3.09.